The first-order chi connectivity index (χ1) is 11.3. The van der Waals surface area contributed by atoms with Crippen LogP contribution in [0.5, 0.6) is 0 Å². The highest BCUT2D eigenvalue weighted by Gasteiger charge is 2.13. The van der Waals surface area contributed by atoms with Crippen molar-refractivity contribution in [2.24, 2.45) is 4.99 Å². The highest BCUT2D eigenvalue weighted by molar-refractivity contribution is 14.0. The standard InChI is InChI=1S/C16H30N4O2S2.HI/c1-6-20(24(5,21)22)11-7-10-18-16(17-4)19-13(2)12-15-9-8-14(3)23-15;/h8-9,13H,6-7,10-12H2,1-5H3,(H2,17,18,19);1H. The molecule has 0 aliphatic rings. The summed E-state index contributed by atoms with van der Waals surface area (Å²) in [5, 5.41) is 6.61. The molecule has 25 heavy (non-hydrogen) atoms. The molecule has 1 aromatic rings. The number of hydrogen-bond acceptors (Lipinski definition) is 4. The molecule has 0 aromatic carbocycles. The lowest BCUT2D eigenvalue weighted by molar-refractivity contribution is 0.424. The third kappa shape index (κ3) is 9.76. The van der Waals surface area contributed by atoms with E-state index in [1.54, 1.807) is 7.05 Å². The number of halogens is 1. The minimum atomic E-state index is -3.11. The van der Waals surface area contributed by atoms with Crippen LogP contribution in [0.2, 0.25) is 0 Å². The van der Waals surface area contributed by atoms with E-state index < -0.39 is 10.0 Å². The van der Waals surface area contributed by atoms with E-state index in [9.17, 15) is 8.42 Å². The largest absolute Gasteiger partial charge is 0.356 e. The van der Waals surface area contributed by atoms with Gasteiger partial charge in [-0.1, -0.05) is 6.92 Å². The van der Waals surface area contributed by atoms with Crippen molar-refractivity contribution >= 4 is 51.3 Å². The number of rotatable bonds is 9. The van der Waals surface area contributed by atoms with Gasteiger partial charge in [0.05, 0.1) is 6.26 Å². The lowest BCUT2D eigenvalue weighted by Gasteiger charge is -2.19. The Morgan fingerprint density at radius 1 is 1.40 bits per heavy atom. The predicted molar refractivity (Wildman–Crippen MR) is 119 cm³/mol. The first kappa shape index (κ1) is 24.6. The minimum Gasteiger partial charge on any atom is -0.356 e. The van der Waals surface area contributed by atoms with E-state index in [1.165, 1.54) is 20.3 Å². The third-order valence-corrected chi connectivity index (χ3v) is 6.01. The lowest BCUT2D eigenvalue weighted by atomic mass is 10.2. The quantitative estimate of drug-likeness (QED) is 0.236. The van der Waals surface area contributed by atoms with E-state index in [-0.39, 0.29) is 30.0 Å². The summed E-state index contributed by atoms with van der Waals surface area (Å²) < 4.78 is 24.6. The average molecular weight is 502 g/mol. The van der Waals surface area contributed by atoms with Crippen LogP contribution < -0.4 is 10.6 Å². The van der Waals surface area contributed by atoms with Crippen LogP contribution in [0, 0.1) is 6.92 Å². The number of aryl methyl sites for hydroxylation is 1. The second-order valence-corrected chi connectivity index (χ2v) is 9.22. The van der Waals surface area contributed by atoms with Crippen LogP contribution in [0.15, 0.2) is 17.1 Å². The SMILES string of the molecule is CCN(CCCNC(=NC)NC(C)Cc1ccc(C)s1)S(C)(=O)=O.I. The van der Waals surface area contributed by atoms with Gasteiger partial charge in [-0.3, -0.25) is 4.99 Å². The molecule has 6 nitrogen and oxygen atoms in total. The maximum absolute atomic E-state index is 11.5. The summed E-state index contributed by atoms with van der Waals surface area (Å²) in [6.07, 6.45) is 2.94. The molecule has 0 aliphatic carbocycles. The average Bonchev–Trinajstić information content (AvgIpc) is 2.89. The van der Waals surface area contributed by atoms with Crippen LogP contribution in [0.4, 0.5) is 0 Å². The van der Waals surface area contributed by atoms with Crippen LogP contribution in [0.3, 0.4) is 0 Å². The van der Waals surface area contributed by atoms with Crippen molar-refractivity contribution in [1.29, 1.82) is 0 Å². The topological polar surface area (TPSA) is 73.8 Å². The van der Waals surface area contributed by atoms with Crippen molar-refractivity contribution in [3.63, 3.8) is 0 Å². The van der Waals surface area contributed by atoms with Crippen molar-refractivity contribution < 1.29 is 8.42 Å². The first-order valence-electron chi connectivity index (χ1n) is 8.23. The van der Waals surface area contributed by atoms with Gasteiger partial charge in [0.25, 0.3) is 0 Å². The van der Waals surface area contributed by atoms with Gasteiger partial charge >= 0.3 is 0 Å². The van der Waals surface area contributed by atoms with E-state index in [0.717, 1.165) is 18.8 Å². The molecule has 0 saturated carbocycles. The maximum atomic E-state index is 11.5. The fourth-order valence-electron chi connectivity index (χ4n) is 2.40. The normalized spacial score (nSPS) is 13.4. The summed E-state index contributed by atoms with van der Waals surface area (Å²) >= 11 is 1.82. The molecule has 0 amide bonds. The molecule has 1 aromatic heterocycles. The summed E-state index contributed by atoms with van der Waals surface area (Å²) in [4.78, 5) is 6.91. The van der Waals surface area contributed by atoms with Crippen molar-refractivity contribution in [3.05, 3.63) is 21.9 Å². The smallest absolute Gasteiger partial charge is 0.211 e. The second kappa shape index (κ2) is 12.1. The first-order valence-corrected chi connectivity index (χ1v) is 10.9. The highest BCUT2D eigenvalue weighted by atomic mass is 127. The number of nitrogens with one attached hydrogen (secondary N) is 2. The summed E-state index contributed by atoms with van der Waals surface area (Å²) in [7, 11) is -1.37. The zero-order valence-electron chi connectivity index (χ0n) is 15.7. The van der Waals surface area contributed by atoms with Gasteiger partial charge in [-0.25, -0.2) is 12.7 Å². The molecule has 0 radical (unpaired) electrons. The van der Waals surface area contributed by atoms with Crippen LogP contribution in [0.25, 0.3) is 0 Å². The van der Waals surface area contributed by atoms with E-state index in [1.807, 2.05) is 18.3 Å². The van der Waals surface area contributed by atoms with Crippen molar-refractivity contribution in [2.75, 3.05) is 32.9 Å². The van der Waals surface area contributed by atoms with Gasteiger partial charge in [0.2, 0.25) is 10.0 Å². The number of sulfonamides is 1. The van der Waals surface area contributed by atoms with E-state index in [0.29, 0.717) is 19.6 Å². The highest BCUT2D eigenvalue weighted by Crippen LogP contribution is 2.16. The number of hydrogen-bond donors (Lipinski definition) is 2. The zero-order chi connectivity index (χ0) is 18.2. The summed E-state index contributed by atoms with van der Waals surface area (Å²) in [5.41, 5.74) is 0. The minimum absolute atomic E-state index is 0. The molecule has 146 valence electrons. The van der Waals surface area contributed by atoms with E-state index in [2.05, 4.69) is 41.6 Å². The molecule has 0 aliphatic heterocycles. The van der Waals surface area contributed by atoms with Gasteiger partial charge in [0.15, 0.2) is 5.96 Å². The number of thiophene rings is 1. The van der Waals surface area contributed by atoms with Crippen molar-refractivity contribution in [1.82, 2.24) is 14.9 Å². The monoisotopic (exact) mass is 502 g/mol. The fourth-order valence-corrected chi connectivity index (χ4v) is 4.35. The van der Waals surface area contributed by atoms with Gasteiger partial charge in [-0.15, -0.1) is 35.3 Å². The molecule has 9 heteroatoms. The number of guanidine groups is 1. The Kier molecular flexibility index (Phi) is 11.9. The second-order valence-electron chi connectivity index (χ2n) is 5.87. The zero-order valence-corrected chi connectivity index (χ0v) is 19.7. The molecule has 0 fully saturated rings. The molecular formula is C16H31IN4O2S2. The Morgan fingerprint density at radius 3 is 2.56 bits per heavy atom. The summed E-state index contributed by atoms with van der Waals surface area (Å²) in [5.74, 6) is 0.748. The Morgan fingerprint density at radius 2 is 2.08 bits per heavy atom. The molecule has 1 rings (SSSR count). The van der Waals surface area contributed by atoms with Crippen LogP contribution in [0.1, 0.15) is 30.0 Å². The van der Waals surface area contributed by atoms with Gasteiger partial charge in [-0.05, 0) is 32.4 Å². The predicted octanol–water partition coefficient (Wildman–Crippen LogP) is 2.44. The summed E-state index contributed by atoms with van der Waals surface area (Å²) in [6.45, 7) is 7.79. The molecule has 1 heterocycles. The Balaban J connectivity index is 0.00000576. The summed E-state index contributed by atoms with van der Waals surface area (Å²) in [6, 6.07) is 4.58. The lowest BCUT2D eigenvalue weighted by Crippen LogP contribution is -2.44. The molecular weight excluding hydrogens is 471 g/mol. The van der Waals surface area contributed by atoms with E-state index in [4.69, 9.17) is 0 Å². The van der Waals surface area contributed by atoms with E-state index >= 15 is 0 Å². The van der Waals surface area contributed by atoms with Gasteiger partial charge in [-0.2, -0.15) is 0 Å². The molecule has 2 N–H and O–H groups in total. The molecule has 0 bridgehead atoms. The van der Waals surface area contributed by atoms with Gasteiger partial charge < -0.3 is 10.6 Å². The van der Waals surface area contributed by atoms with Crippen molar-refractivity contribution in [3.8, 4) is 0 Å². The third-order valence-electron chi connectivity index (χ3n) is 3.61. The number of aliphatic imine (C=N–C) groups is 1. The Labute approximate surface area is 173 Å². The Bertz CT molecular complexity index is 632. The van der Waals surface area contributed by atoms with Crippen LogP contribution >= 0.6 is 35.3 Å². The Hall–Kier alpha value is -0.390. The van der Waals surface area contributed by atoms with Crippen LogP contribution in [-0.4, -0.2) is 57.7 Å². The molecule has 0 spiro atoms. The van der Waals surface area contributed by atoms with Gasteiger partial charge in [0, 0.05) is 48.9 Å². The van der Waals surface area contributed by atoms with Gasteiger partial charge in [0.1, 0.15) is 0 Å². The van der Waals surface area contributed by atoms with Crippen molar-refractivity contribution in [2.45, 2.75) is 39.7 Å². The number of nitrogens with zero attached hydrogens (tertiary/aromatic N) is 2. The molecule has 0 saturated heterocycles. The fraction of sp³-hybridized carbons (Fsp3) is 0.688. The molecule has 1 unspecified atom stereocenters. The van der Waals surface area contributed by atoms with Crippen LogP contribution in [-0.2, 0) is 16.4 Å². The molecule has 1 atom stereocenters. The maximum Gasteiger partial charge on any atom is 0.211 e.